The molecule has 29 heavy (non-hydrogen) atoms. The molecule has 0 unspecified atom stereocenters. The molecule has 6 nitrogen and oxygen atoms in total. The van der Waals surface area contributed by atoms with Crippen LogP contribution in [0.15, 0.2) is 24.3 Å². The zero-order valence-corrected chi connectivity index (χ0v) is 17.4. The van der Waals surface area contributed by atoms with Crippen molar-refractivity contribution < 1.29 is 19.4 Å². The van der Waals surface area contributed by atoms with Crippen molar-refractivity contribution in [3.8, 4) is 5.75 Å². The Kier molecular flexibility index (Phi) is 6.73. The van der Waals surface area contributed by atoms with Crippen LogP contribution < -0.4 is 4.74 Å². The van der Waals surface area contributed by atoms with Crippen LogP contribution in [0.2, 0.25) is 0 Å². The van der Waals surface area contributed by atoms with Crippen molar-refractivity contribution in [3.63, 3.8) is 0 Å². The van der Waals surface area contributed by atoms with E-state index in [0.717, 1.165) is 50.4 Å². The van der Waals surface area contributed by atoms with Crippen LogP contribution in [-0.2, 0) is 16.1 Å². The van der Waals surface area contributed by atoms with Crippen LogP contribution in [0.5, 0.6) is 5.75 Å². The van der Waals surface area contributed by atoms with Crippen molar-refractivity contribution >= 4 is 5.97 Å². The van der Waals surface area contributed by atoms with E-state index in [1.165, 1.54) is 32.4 Å². The molecule has 160 valence electrons. The highest BCUT2D eigenvalue weighted by molar-refractivity contribution is 5.76. The summed E-state index contributed by atoms with van der Waals surface area (Å²) in [6.07, 6.45) is 5.89. The fourth-order valence-corrected chi connectivity index (χ4v) is 5.18. The van der Waals surface area contributed by atoms with Crippen LogP contribution in [0.4, 0.5) is 0 Å². The molecule has 1 aromatic rings. The van der Waals surface area contributed by atoms with E-state index in [1.54, 1.807) is 0 Å². The van der Waals surface area contributed by atoms with E-state index in [4.69, 9.17) is 9.47 Å². The van der Waals surface area contributed by atoms with Gasteiger partial charge in [-0.1, -0.05) is 24.6 Å². The van der Waals surface area contributed by atoms with Gasteiger partial charge in [-0.2, -0.15) is 0 Å². The third-order valence-electron chi connectivity index (χ3n) is 6.85. The van der Waals surface area contributed by atoms with Crippen molar-refractivity contribution in [2.24, 2.45) is 11.3 Å². The molecule has 0 radical (unpaired) electrons. The molecule has 0 aliphatic carbocycles. The molecule has 0 saturated carbocycles. The molecule has 3 aliphatic rings. The number of nitrogens with zero attached hydrogens (tertiary/aromatic N) is 2. The molecule has 0 spiro atoms. The first kappa shape index (κ1) is 20.6. The fraction of sp³-hybridized carbons (Fsp3) is 0.696. The fourth-order valence-electron chi connectivity index (χ4n) is 5.18. The van der Waals surface area contributed by atoms with Gasteiger partial charge in [-0.25, -0.2) is 0 Å². The Hall–Kier alpha value is -1.63. The van der Waals surface area contributed by atoms with E-state index >= 15 is 0 Å². The maximum absolute atomic E-state index is 12.0. The van der Waals surface area contributed by atoms with E-state index < -0.39 is 11.4 Å². The summed E-state index contributed by atoms with van der Waals surface area (Å²) in [4.78, 5) is 16.8. The smallest absolute Gasteiger partial charge is 0.313 e. The first-order chi connectivity index (χ1) is 14.2. The van der Waals surface area contributed by atoms with Crippen LogP contribution in [0.25, 0.3) is 0 Å². The Balaban J connectivity index is 1.32. The number of ether oxygens (including phenoxy) is 2. The number of benzene rings is 1. The van der Waals surface area contributed by atoms with E-state index in [-0.39, 0.29) is 5.92 Å². The monoisotopic (exact) mass is 402 g/mol. The van der Waals surface area contributed by atoms with E-state index in [1.807, 2.05) is 18.2 Å². The van der Waals surface area contributed by atoms with Crippen molar-refractivity contribution in [2.75, 3.05) is 52.5 Å². The summed E-state index contributed by atoms with van der Waals surface area (Å²) in [5.74, 6) is 0.389. The molecule has 3 saturated heterocycles. The molecule has 0 amide bonds. The highest BCUT2D eigenvalue weighted by Gasteiger charge is 2.54. The zero-order valence-electron chi connectivity index (χ0n) is 17.4. The standard InChI is InChI=1S/C23H34N2O4/c26-22(27)23-17-25(16-20(23)9-14-28-18-23)15-19-7-2-3-8-21(19)29-13-6-12-24-10-4-1-5-11-24/h2-3,7-8,20H,1,4-6,9-18H2,(H,26,27)/t20-,23+/m0/s1. The summed E-state index contributed by atoms with van der Waals surface area (Å²) < 4.78 is 11.7. The molecular weight excluding hydrogens is 368 g/mol. The number of hydrogen-bond acceptors (Lipinski definition) is 5. The minimum absolute atomic E-state index is 0.173. The highest BCUT2D eigenvalue weighted by atomic mass is 16.5. The summed E-state index contributed by atoms with van der Waals surface area (Å²) in [6.45, 7) is 7.38. The normalized spacial score (nSPS) is 28.2. The molecule has 3 aliphatic heterocycles. The van der Waals surface area contributed by atoms with Crippen LogP contribution in [-0.4, -0.2) is 73.4 Å². The Labute approximate surface area is 173 Å². The molecular formula is C23H34N2O4. The summed E-state index contributed by atoms with van der Waals surface area (Å²) in [7, 11) is 0. The lowest BCUT2D eigenvalue weighted by Crippen LogP contribution is -2.46. The average molecular weight is 403 g/mol. The number of likely N-dealkylation sites (tertiary alicyclic amines) is 2. The van der Waals surface area contributed by atoms with E-state index in [0.29, 0.717) is 19.8 Å². The number of rotatable bonds is 8. The van der Waals surface area contributed by atoms with Gasteiger partial charge in [0.15, 0.2) is 0 Å². The second-order valence-corrected chi connectivity index (χ2v) is 8.88. The van der Waals surface area contributed by atoms with Crippen molar-refractivity contribution in [2.45, 2.75) is 38.6 Å². The van der Waals surface area contributed by atoms with Gasteiger partial charge in [-0.05, 0) is 50.8 Å². The lowest BCUT2D eigenvalue weighted by molar-refractivity contribution is -0.159. The van der Waals surface area contributed by atoms with Crippen LogP contribution in [0.1, 0.15) is 37.7 Å². The van der Waals surface area contributed by atoms with Gasteiger partial charge < -0.3 is 19.5 Å². The molecule has 1 aromatic carbocycles. The molecule has 3 heterocycles. The number of para-hydroxylation sites is 1. The van der Waals surface area contributed by atoms with Crippen LogP contribution in [0, 0.1) is 11.3 Å². The Morgan fingerprint density at radius 3 is 2.83 bits per heavy atom. The van der Waals surface area contributed by atoms with Gasteiger partial charge in [0.05, 0.1) is 13.2 Å². The second-order valence-electron chi connectivity index (χ2n) is 8.88. The van der Waals surface area contributed by atoms with Gasteiger partial charge in [0.25, 0.3) is 0 Å². The number of aliphatic carboxylic acids is 1. The second kappa shape index (κ2) is 9.45. The number of carboxylic acids is 1. The third kappa shape index (κ3) is 4.76. The van der Waals surface area contributed by atoms with Crippen molar-refractivity contribution in [3.05, 3.63) is 29.8 Å². The maximum Gasteiger partial charge on any atom is 0.313 e. The number of fused-ring (bicyclic) bond motifs is 1. The van der Waals surface area contributed by atoms with E-state index in [9.17, 15) is 9.90 Å². The quantitative estimate of drug-likeness (QED) is 0.675. The minimum atomic E-state index is -0.748. The summed E-state index contributed by atoms with van der Waals surface area (Å²) in [5.41, 5.74) is 0.397. The third-order valence-corrected chi connectivity index (χ3v) is 6.85. The summed E-state index contributed by atoms with van der Waals surface area (Å²) in [5, 5.41) is 9.85. The first-order valence-electron chi connectivity index (χ1n) is 11.1. The van der Waals surface area contributed by atoms with Crippen LogP contribution in [0.3, 0.4) is 0 Å². The van der Waals surface area contributed by atoms with Crippen molar-refractivity contribution in [1.29, 1.82) is 0 Å². The predicted octanol–water partition coefficient (Wildman–Crippen LogP) is 2.86. The van der Waals surface area contributed by atoms with Gasteiger partial charge in [-0.15, -0.1) is 0 Å². The number of hydrogen-bond donors (Lipinski definition) is 1. The molecule has 3 fully saturated rings. The van der Waals surface area contributed by atoms with Gasteiger partial charge in [-0.3, -0.25) is 9.69 Å². The lowest BCUT2D eigenvalue weighted by Gasteiger charge is -2.34. The first-order valence-corrected chi connectivity index (χ1v) is 11.1. The average Bonchev–Trinajstić information content (AvgIpc) is 3.12. The summed E-state index contributed by atoms with van der Waals surface area (Å²) >= 11 is 0. The number of carboxylic acid groups (broad SMARTS) is 1. The molecule has 0 bridgehead atoms. The SMILES string of the molecule is O=C(O)[C@]12COCC[C@H]1CN(Cc1ccccc1OCCCN1CCCCC1)C2. The topological polar surface area (TPSA) is 62.2 Å². The molecule has 4 rings (SSSR count). The highest BCUT2D eigenvalue weighted by Crippen LogP contribution is 2.42. The summed E-state index contributed by atoms with van der Waals surface area (Å²) in [6, 6.07) is 8.19. The number of piperidine rings is 1. The van der Waals surface area contributed by atoms with Gasteiger partial charge in [0.2, 0.25) is 0 Å². The molecule has 2 atom stereocenters. The lowest BCUT2D eigenvalue weighted by atomic mass is 9.76. The molecule has 6 heteroatoms. The van der Waals surface area contributed by atoms with Gasteiger partial charge in [0.1, 0.15) is 11.2 Å². The van der Waals surface area contributed by atoms with Gasteiger partial charge >= 0.3 is 5.97 Å². The Morgan fingerprint density at radius 2 is 2.03 bits per heavy atom. The minimum Gasteiger partial charge on any atom is -0.493 e. The largest absolute Gasteiger partial charge is 0.493 e. The Morgan fingerprint density at radius 1 is 1.21 bits per heavy atom. The predicted molar refractivity (Wildman–Crippen MR) is 111 cm³/mol. The van der Waals surface area contributed by atoms with Gasteiger partial charge in [0, 0.05) is 38.3 Å². The molecule has 1 N–H and O–H groups in total. The van der Waals surface area contributed by atoms with Crippen molar-refractivity contribution in [1.82, 2.24) is 9.80 Å². The van der Waals surface area contributed by atoms with Crippen LogP contribution >= 0.6 is 0 Å². The number of carbonyl (C=O) groups is 1. The maximum atomic E-state index is 12.0. The van der Waals surface area contributed by atoms with E-state index in [2.05, 4.69) is 15.9 Å². The Bertz CT molecular complexity index is 691. The molecule has 0 aromatic heterocycles. The zero-order chi connectivity index (χ0) is 20.1.